The zero-order valence-electron chi connectivity index (χ0n) is 8.28. The van der Waals surface area contributed by atoms with E-state index in [-0.39, 0.29) is 5.69 Å². The van der Waals surface area contributed by atoms with E-state index < -0.39 is 17.5 Å². The first-order valence-electron chi connectivity index (χ1n) is 4.22. The second-order valence-electron chi connectivity index (χ2n) is 2.83. The number of thioether (sulfide) groups is 1. The molecule has 0 radical (unpaired) electrons. The van der Waals surface area contributed by atoms with Gasteiger partial charge in [0.1, 0.15) is 5.69 Å². The first-order chi connectivity index (χ1) is 7.45. The molecular weight excluding hydrogens is 239 g/mol. The van der Waals surface area contributed by atoms with Crippen molar-refractivity contribution in [3.8, 4) is 0 Å². The van der Waals surface area contributed by atoms with Crippen LogP contribution in [0.3, 0.4) is 0 Å². The summed E-state index contributed by atoms with van der Waals surface area (Å²) < 4.78 is 36.5. The molecular formula is C10H8F3NOS. The summed E-state index contributed by atoms with van der Waals surface area (Å²) in [6.07, 6.45) is -0.742. The summed E-state index contributed by atoms with van der Waals surface area (Å²) in [7, 11) is 0. The first-order valence-corrected chi connectivity index (χ1v) is 5.51. The largest absolute Gasteiger partial charge is 0.417 e. The van der Waals surface area contributed by atoms with Crippen LogP contribution in [0.15, 0.2) is 29.8 Å². The fourth-order valence-corrected chi connectivity index (χ4v) is 1.18. The van der Waals surface area contributed by atoms with Crippen LogP contribution < -0.4 is 0 Å². The SMILES string of the molecule is CSC=CC(=O)c1ccc(C(F)(F)F)cn1. The number of rotatable bonds is 3. The van der Waals surface area contributed by atoms with Crippen molar-refractivity contribution in [2.75, 3.05) is 6.26 Å². The van der Waals surface area contributed by atoms with Gasteiger partial charge in [-0.2, -0.15) is 13.2 Å². The Morgan fingerprint density at radius 2 is 2.12 bits per heavy atom. The van der Waals surface area contributed by atoms with Gasteiger partial charge in [0.25, 0.3) is 0 Å². The third-order valence-corrected chi connectivity index (χ3v) is 2.11. The summed E-state index contributed by atoms with van der Waals surface area (Å²) in [4.78, 5) is 14.8. The number of carbonyl (C=O) groups excluding carboxylic acids is 1. The lowest BCUT2D eigenvalue weighted by Crippen LogP contribution is -2.07. The fourth-order valence-electron chi connectivity index (χ4n) is 0.923. The molecule has 1 heterocycles. The third kappa shape index (κ3) is 3.37. The number of nitrogens with zero attached hydrogens (tertiary/aromatic N) is 1. The summed E-state index contributed by atoms with van der Waals surface area (Å²) in [5, 5.41) is 1.54. The maximum atomic E-state index is 12.2. The zero-order chi connectivity index (χ0) is 12.2. The molecule has 0 aliphatic rings. The smallest absolute Gasteiger partial charge is 0.288 e. The number of halogens is 3. The van der Waals surface area contributed by atoms with E-state index in [0.29, 0.717) is 6.20 Å². The molecule has 0 saturated heterocycles. The van der Waals surface area contributed by atoms with E-state index in [0.717, 1.165) is 12.1 Å². The van der Waals surface area contributed by atoms with Crippen LogP contribution in [-0.4, -0.2) is 17.0 Å². The number of alkyl halides is 3. The molecule has 16 heavy (non-hydrogen) atoms. The number of carbonyl (C=O) groups is 1. The minimum Gasteiger partial charge on any atom is -0.288 e. The third-order valence-electron chi connectivity index (χ3n) is 1.70. The second-order valence-corrected chi connectivity index (χ2v) is 3.58. The van der Waals surface area contributed by atoms with Crippen LogP contribution >= 0.6 is 11.8 Å². The van der Waals surface area contributed by atoms with E-state index in [9.17, 15) is 18.0 Å². The summed E-state index contributed by atoms with van der Waals surface area (Å²) in [5.41, 5.74) is -0.865. The van der Waals surface area contributed by atoms with Gasteiger partial charge in [-0.3, -0.25) is 9.78 Å². The molecule has 0 atom stereocenters. The number of hydrogen-bond donors (Lipinski definition) is 0. The van der Waals surface area contributed by atoms with E-state index in [2.05, 4.69) is 4.98 Å². The van der Waals surface area contributed by atoms with Crippen molar-refractivity contribution in [3.05, 3.63) is 41.1 Å². The predicted molar refractivity (Wildman–Crippen MR) is 56.2 cm³/mol. The van der Waals surface area contributed by atoms with Crippen LogP contribution in [0.5, 0.6) is 0 Å². The lowest BCUT2D eigenvalue weighted by Gasteiger charge is -2.05. The molecule has 0 unspecified atom stereocenters. The molecule has 0 bridgehead atoms. The van der Waals surface area contributed by atoms with Crippen LogP contribution in [-0.2, 0) is 6.18 Å². The molecule has 0 saturated carbocycles. The highest BCUT2D eigenvalue weighted by atomic mass is 32.2. The quantitative estimate of drug-likeness (QED) is 0.607. The molecule has 1 aromatic rings. The van der Waals surface area contributed by atoms with Gasteiger partial charge in [-0.1, -0.05) is 0 Å². The Labute approximate surface area is 94.6 Å². The summed E-state index contributed by atoms with van der Waals surface area (Å²) >= 11 is 1.32. The fraction of sp³-hybridized carbons (Fsp3) is 0.200. The van der Waals surface area contributed by atoms with Gasteiger partial charge in [-0.05, 0) is 29.9 Å². The monoisotopic (exact) mass is 247 g/mol. The molecule has 86 valence electrons. The Hall–Kier alpha value is -1.30. The molecule has 0 aliphatic carbocycles. The van der Waals surface area contributed by atoms with E-state index in [1.165, 1.54) is 17.8 Å². The normalized spacial score (nSPS) is 12.0. The van der Waals surface area contributed by atoms with Crippen molar-refractivity contribution in [2.24, 2.45) is 0 Å². The lowest BCUT2D eigenvalue weighted by molar-refractivity contribution is -0.137. The van der Waals surface area contributed by atoms with Gasteiger partial charge in [0.2, 0.25) is 5.78 Å². The maximum absolute atomic E-state index is 12.2. The lowest BCUT2D eigenvalue weighted by atomic mass is 10.2. The number of hydrogen-bond acceptors (Lipinski definition) is 3. The second kappa shape index (κ2) is 5.16. The molecule has 0 aromatic carbocycles. The predicted octanol–water partition coefficient (Wildman–Crippen LogP) is 3.16. The van der Waals surface area contributed by atoms with Gasteiger partial charge in [-0.25, -0.2) is 0 Å². The summed E-state index contributed by atoms with van der Waals surface area (Å²) in [5.74, 6) is -0.414. The van der Waals surface area contributed by atoms with Gasteiger partial charge in [0.05, 0.1) is 5.56 Å². The minimum atomic E-state index is -4.43. The van der Waals surface area contributed by atoms with Crippen molar-refractivity contribution in [1.82, 2.24) is 4.98 Å². The van der Waals surface area contributed by atoms with Gasteiger partial charge in [0, 0.05) is 6.20 Å². The number of pyridine rings is 1. The van der Waals surface area contributed by atoms with Crippen molar-refractivity contribution in [1.29, 1.82) is 0 Å². The average Bonchev–Trinajstić information content (AvgIpc) is 2.25. The van der Waals surface area contributed by atoms with Gasteiger partial charge < -0.3 is 0 Å². The molecule has 0 aliphatic heterocycles. The van der Waals surface area contributed by atoms with E-state index in [1.54, 1.807) is 11.7 Å². The average molecular weight is 247 g/mol. The summed E-state index contributed by atoms with van der Waals surface area (Å²) in [6.45, 7) is 0. The van der Waals surface area contributed by atoms with Crippen molar-refractivity contribution >= 4 is 17.5 Å². The highest BCUT2D eigenvalue weighted by Gasteiger charge is 2.30. The summed E-state index contributed by atoms with van der Waals surface area (Å²) in [6, 6.07) is 1.91. The number of allylic oxidation sites excluding steroid dienone is 1. The van der Waals surface area contributed by atoms with E-state index >= 15 is 0 Å². The van der Waals surface area contributed by atoms with Crippen LogP contribution in [0, 0.1) is 0 Å². The van der Waals surface area contributed by atoms with Gasteiger partial charge >= 0.3 is 6.18 Å². The van der Waals surface area contributed by atoms with Crippen LogP contribution in [0.1, 0.15) is 16.1 Å². The molecule has 6 heteroatoms. The molecule has 0 amide bonds. The van der Waals surface area contributed by atoms with Crippen LogP contribution in [0.4, 0.5) is 13.2 Å². The van der Waals surface area contributed by atoms with E-state index in [4.69, 9.17) is 0 Å². The van der Waals surface area contributed by atoms with Crippen LogP contribution in [0.2, 0.25) is 0 Å². The first kappa shape index (κ1) is 12.8. The number of ketones is 1. The van der Waals surface area contributed by atoms with Gasteiger partial charge in [0.15, 0.2) is 0 Å². The molecule has 2 nitrogen and oxygen atoms in total. The van der Waals surface area contributed by atoms with Crippen molar-refractivity contribution in [2.45, 2.75) is 6.18 Å². The Bertz CT molecular complexity index is 398. The van der Waals surface area contributed by atoms with Crippen molar-refractivity contribution in [3.63, 3.8) is 0 Å². The molecule has 0 spiro atoms. The molecule has 0 N–H and O–H groups in total. The Morgan fingerprint density at radius 1 is 1.44 bits per heavy atom. The standard InChI is InChI=1S/C10H8F3NOS/c1-16-5-4-9(15)8-3-2-7(6-14-8)10(11,12)13/h2-6H,1H3. The number of aromatic nitrogens is 1. The highest BCUT2D eigenvalue weighted by Crippen LogP contribution is 2.28. The maximum Gasteiger partial charge on any atom is 0.417 e. The minimum absolute atomic E-state index is 0.00157. The van der Waals surface area contributed by atoms with Gasteiger partial charge in [-0.15, -0.1) is 11.8 Å². The molecule has 0 fully saturated rings. The van der Waals surface area contributed by atoms with E-state index in [1.807, 2.05) is 0 Å². The zero-order valence-corrected chi connectivity index (χ0v) is 9.10. The topological polar surface area (TPSA) is 30.0 Å². The Kier molecular flexibility index (Phi) is 4.12. The molecule has 1 rings (SSSR count). The Morgan fingerprint density at radius 3 is 2.56 bits per heavy atom. The highest BCUT2D eigenvalue weighted by molar-refractivity contribution is 8.01. The van der Waals surface area contributed by atoms with Crippen molar-refractivity contribution < 1.29 is 18.0 Å². The Balaban J connectivity index is 2.87. The van der Waals surface area contributed by atoms with Crippen LogP contribution in [0.25, 0.3) is 0 Å². The molecule has 1 aromatic heterocycles.